The van der Waals surface area contributed by atoms with E-state index in [1.54, 1.807) is 30.6 Å². The van der Waals surface area contributed by atoms with Crippen LogP contribution in [0.15, 0.2) is 42.7 Å². The zero-order chi connectivity index (χ0) is 18.1. The largest absolute Gasteiger partial charge is 0.369 e. The molecule has 132 valence electrons. The summed E-state index contributed by atoms with van der Waals surface area (Å²) in [5.41, 5.74) is 6.16. The highest BCUT2D eigenvalue weighted by molar-refractivity contribution is 5.80. The third-order valence-electron chi connectivity index (χ3n) is 3.54. The second kappa shape index (κ2) is 9.31. The summed E-state index contributed by atoms with van der Waals surface area (Å²) in [5.74, 6) is -1.18. The van der Waals surface area contributed by atoms with Gasteiger partial charge in [0, 0.05) is 31.9 Å². The monoisotopic (exact) mass is 345 g/mol. The molecule has 0 fully saturated rings. The summed E-state index contributed by atoms with van der Waals surface area (Å²) in [7, 11) is 0. The zero-order valence-electron chi connectivity index (χ0n) is 13.6. The first-order valence-corrected chi connectivity index (χ1v) is 7.86. The van der Waals surface area contributed by atoms with Crippen LogP contribution in [0.3, 0.4) is 0 Å². The van der Waals surface area contributed by atoms with Crippen LogP contribution in [0, 0.1) is 11.7 Å². The normalized spacial score (nSPS) is 11.6. The van der Waals surface area contributed by atoms with Gasteiger partial charge in [-0.3, -0.25) is 9.59 Å². The number of primary amides is 1. The topological polar surface area (TPSA) is 110 Å². The van der Waals surface area contributed by atoms with Crippen molar-refractivity contribution in [3.63, 3.8) is 0 Å². The number of anilines is 1. The Balaban J connectivity index is 1.75. The van der Waals surface area contributed by atoms with Gasteiger partial charge in [0.25, 0.3) is 0 Å². The Morgan fingerprint density at radius 3 is 2.48 bits per heavy atom. The molecule has 0 aliphatic carbocycles. The number of nitrogens with zero attached hydrogens (tertiary/aromatic N) is 2. The molecule has 4 N–H and O–H groups in total. The second-order valence-corrected chi connectivity index (χ2v) is 5.48. The summed E-state index contributed by atoms with van der Waals surface area (Å²) in [6.07, 6.45) is 3.75. The van der Waals surface area contributed by atoms with E-state index in [1.807, 2.05) is 0 Å². The average molecular weight is 345 g/mol. The molecule has 0 radical (unpaired) electrons. The number of nitrogens with two attached hydrogens (primary N) is 1. The first-order valence-electron chi connectivity index (χ1n) is 7.86. The highest BCUT2D eigenvalue weighted by Crippen LogP contribution is 2.09. The number of aromatic nitrogens is 2. The number of rotatable bonds is 9. The quantitative estimate of drug-likeness (QED) is 0.625. The molecule has 0 bridgehead atoms. The molecule has 8 heteroatoms. The molecular weight excluding hydrogens is 325 g/mol. The number of halogens is 1. The third kappa shape index (κ3) is 6.54. The maximum absolute atomic E-state index is 12.9. The van der Waals surface area contributed by atoms with Gasteiger partial charge in [0.2, 0.25) is 17.8 Å². The molecule has 0 spiro atoms. The lowest BCUT2D eigenvalue weighted by molar-refractivity contribution is -0.123. The molecule has 0 aliphatic heterocycles. The highest BCUT2D eigenvalue weighted by Gasteiger charge is 2.17. The van der Waals surface area contributed by atoms with Crippen LogP contribution in [-0.2, 0) is 16.0 Å². The minimum atomic E-state index is -0.556. The van der Waals surface area contributed by atoms with E-state index >= 15 is 0 Å². The summed E-state index contributed by atoms with van der Waals surface area (Å²) in [6.45, 7) is 0.502. The van der Waals surface area contributed by atoms with Gasteiger partial charge in [-0.15, -0.1) is 0 Å². The van der Waals surface area contributed by atoms with Gasteiger partial charge in [-0.2, -0.15) is 0 Å². The van der Waals surface area contributed by atoms with Crippen molar-refractivity contribution in [2.45, 2.75) is 12.8 Å². The van der Waals surface area contributed by atoms with Gasteiger partial charge in [-0.05, 0) is 30.2 Å². The van der Waals surface area contributed by atoms with Gasteiger partial charge in [0.1, 0.15) is 5.82 Å². The lowest BCUT2D eigenvalue weighted by Gasteiger charge is -2.14. The number of carbonyl (C=O) groups excluding carboxylic acids is 2. The second-order valence-electron chi connectivity index (χ2n) is 5.48. The fraction of sp³-hybridized carbons (Fsp3) is 0.294. The van der Waals surface area contributed by atoms with Crippen LogP contribution in [0.25, 0.3) is 0 Å². The first-order chi connectivity index (χ1) is 12.0. The number of carbonyl (C=O) groups is 2. The molecule has 0 unspecified atom stereocenters. The summed E-state index contributed by atoms with van der Waals surface area (Å²) >= 11 is 0. The van der Waals surface area contributed by atoms with Crippen LogP contribution < -0.4 is 16.4 Å². The summed E-state index contributed by atoms with van der Waals surface area (Å²) in [5, 5.41) is 5.61. The number of hydrogen-bond donors (Lipinski definition) is 3. The first kappa shape index (κ1) is 18.3. The number of nitrogens with one attached hydrogen (secondary N) is 2. The van der Waals surface area contributed by atoms with Crippen LogP contribution in [0.4, 0.5) is 10.3 Å². The van der Waals surface area contributed by atoms with Crippen molar-refractivity contribution in [1.29, 1.82) is 0 Å². The Hall–Kier alpha value is -3.03. The minimum Gasteiger partial charge on any atom is -0.369 e. The maximum atomic E-state index is 12.9. The molecule has 2 aromatic rings. The van der Waals surface area contributed by atoms with Crippen LogP contribution in [0.2, 0.25) is 0 Å². The predicted molar refractivity (Wildman–Crippen MR) is 90.9 cm³/mol. The minimum absolute atomic E-state index is 0.132. The molecule has 1 atom stereocenters. The van der Waals surface area contributed by atoms with Crippen molar-refractivity contribution in [1.82, 2.24) is 15.3 Å². The molecule has 1 aromatic heterocycles. The SMILES string of the molecule is NC(=O)[C@@H](CNC(=O)CCNc1ncccn1)Cc1ccc(F)cc1. The predicted octanol–water partition coefficient (Wildman–Crippen LogP) is 0.878. The van der Waals surface area contributed by atoms with E-state index in [1.165, 1.54) is 12.1 Å². The molecule has 1 aromatic carbocycles. The van der Waals surface area contributed by atoms with E-state index in [-0.39, 0.29) is 24.7 Å². The van der Waals surface area contributed by atoms with E-state index in [0.717, 1.165) is 5.56 Å². The molecule has 0 aliphatic rings. The highest BCUT2D eigenvalue weighted by atomic mass is 19.1. The maximum Gasteiger partial charge on any atom is 0.222 e. The van der Waals surface area contributed by atoms with Gasteiger partial charge >= 0.3 is 0 Å². The van der Waals surface area contributed by atoms with Crippen LogP contribution in [-0.4, -0.2) is 34.9 Å². The van der Waals surface area contributed by atoms with Gasteiger partial charge in [0.15, 0.2) is 0 Å². The van der Waals surface area contributed by atoms with Crippen molar-refractivity contribution < 1.29 is 14.0 Å². The van der Waals surface area contributed by atoms with Gasteiger partial charge in [-0.1, -0.05) is 12.1 Å². The van der Waals surface area contributed by atoms with Crippen molar-refractivity contribution in [3.8, 4) is 0 Å². The van der Waals surface area contributed by atoms with Crippen molar-refractivity contribution >= 4 is 17.8 Å². The van der Waals surface area contributed by atoms with E-state index in [4.69, 9.17) is 5.73 Å². The lowest BCUT2D eigenvalue weighted by atomic mass is 9.98. The summed E-state index contributed by atoms with van der Waals surface area (Å²) in [6, 6.07) is 7.53. The van der Waals surface area contributed by atoms with Crippen molar-refractivity contribution in [3.05, 3.63) is 54.1 Å². The van der Waals surface area contributed by atoms with Crippen LogP contribution in [0.5, 0.6) is 0 Å². The third-order valence-corrected chi connectivity index (χ3v) is 3.54. The van der Waals surface area contributed by atoms with E-state index < -0.39 is 11.8 Å². The molecule has 2 amide bonds. The van der Waals surface area contributed by atoms with E-state index in [0.29, 0.717) is 18.9 Å². The molecule has 1 heterocycles. The van der Waals surface area contributed by atoms with Crippen LogP contribution in [0.1, 0.15) is 12.0 Å². The molecule has 2 rings (SSSR count). The standard InChI is InChI=1S/C17H20FN5O2/c18-14-4-2-12(3-5-14)10-13(16(19)25)11-23-15(24)6-9-22-17-20-7-1-8-21-17/h1-5,7-8,13H,6,9-11H2,(H2,19,25)(H,23,24)(H,20,21,22)/t13-/m1/s1. The molecule has 7 nitrogen and oxygen atoms in total. The van der Waals surface area contributed by atoms with Crippen molar-refractivity contribution in [2.24, 2.45) is 11.7 Å². The average Bonchev–Trinajstić information content (AvgIpc) is 2.61. The molecule has 0 saturated carbocycles. The molecule has 0 saturated heterocycles. The zero-order valence-corrected chi connectivity index (χ0v) is 13.6. The fourth-order valence-corrected chi connectivity index (χ4v) is 2.18. The number of amides is 2. The Labute approximate surface area is 144 Å². The molecule has 25 heavy (non-hydrogen) atoms. The Bertz CT molecular complexity index is 694. The van der Waals surface area contributed by atoms with Crippen LogP contribution >= 0.6 is 0 Å². The smallest absolute Gasteiger partial charge is 0.222 e. The van der Waals surface area contributed by atoms with E-state index in [2.05, 4.69) is 20.6 Å². The number of benzene rings is 1. The summed E-state index contributed by atoms with van der Waals surface area (Å²) in [4.78, 5) is 31.4. The summed E-state index contributed by atoms with van der Waals surface area (Å²) < 4.78 is 12.9. The fourth-order valence-electron chi connectivity index (χ4n) is 2.18. The Morgan fingerprint density at radius 2 is 1.84 bits per heavy atom. The Kier molecular flexibility index (Phi) is 6.82. The van der Waals surface area contributed by atoms with Gasteiger partial charge < -0.3 is 16.4 Å². The van der Waals surface area contributed by atoms with E-state index in [9.17, 15) is 14.0 Å². The van der Waals surface area contributed by atoms with Gasteiger partial charge in [0.05, 0.1) is 5.92 Å². The number of hydrogen-bond acceptors (Lipinski definition) is 5. The van der Waals surface area contributed by atoms with Crippen molar-refractivity contribution in [2.75, 3.05) is 18.4 Å². The lowest BCUT2D eigenvalue weighted by Crippen LogP contribution is -2.37. The molecular formula is C17H20FN5O2. The Morgan fingerprint density at radius 1 is 1.16 bits per heavy atom. The van der Waals surface area contributed by atoms with Gasteiger partial charge in [-0.25, -0.2) is 14.4 Å².